The van der Waals surface area contributed by atoms with Gasteiger partial charge < -0.3 is 61.0 Å². The lowest BCUT2D eigenvalue weighted by molar-refractivity contribution is -0.118. The van der Waals surface area contributed by atoms with Gasteiger partial charge in [0.25, 0.3) is 11.5 Å². The van der Waals surface area contributed by atoms with E-state index in [2.05, 4.69) is 109 Å². The van der Waals surface area contributed by atoms with E-state index in [4.69, 9.17) is 67.4 Å². The van der Waals surface area contributed by atoms with Crippen molar-refractivity contribution in [1.29, 1.82) is 0 Å². The molecule has 93 heavy (non-hydrogen) atoms. The lowest BCUT2D eigenvalue weighted by Gasteiger charge is -2.41. The number of nitrogens with zero attached hydrogens (tertiary/aromatic N) is 6. The second-order valence-corrected chi connectivity index (χ2v) is 38.1. The van der Waals surface area contributed by atoms with Crippen LogP contribution in [0.25, 0.3) is 16.0 Å². The first-order valence-corrected chi connectivity index (χ1v) is 38.1. The van der Waals surface area contributed by atoms with E-state index in [-0.39, 0.29) is 66.2 Å². The largest absolute Gasteiger partial charge is 0.497 e. The normalized spacial score (nSPS) is 20.1. The van der Waals surface area contributed by atoms with Crippen molar-refractivity contribution in [3.05, 3.63) is 182 Å². The molecule has 8 atom stereocenters. The van der Waals surface area contributed by atoms with Gasteiger partial charge in [0.15, 0.2) is 46.5 Å². The molecule has 7 aromatic rings. The first-order valence-electron chi connectivity index (χ1n) is 31.2. The second kappa shape index (κ2) is 28.9. The van der Waals surface area contributed by atoms with Gasteiger partial charge in [-0.1, -0.05) is 129 Å². The van der Waals surface area contributed by atoms with Crippen LogP contribution in [0.5, 0.6) is 17.2 Å². The molecule has 2 N–H and O–H groups in total. The topological polar surface area (TPSA) is 233 Å². The summed E-state index contributed by atoms with van der Waals surface area (Å²) in [4.78, 5) is 59.9. The summed E-state index contributed by atoms with van der Waals surface area (Å²) in [5, 5.41) is 2.33. The van der Waals surface area contributed by atoms with Gasteiger partial charge in [-0.15, -0.1) is 0 Å². The van der Waals surface area contributed by atoms with Crippen molar-refractivity contribution in [2.75, 3.05) is 52.5 Å². The minimum absolute atomic E-state index is 0.0149. The molecule has 2 aliphatic rings. The van der Waals surface area contributed by atoms with Crippen molar-refractivity contribution in [1.82, 2.24) is 29.1 Å². The standard InChI is InChI=1S/C68H89N8O14PSi2/c1-44-38-75(64(79)74-62(44)78)56-37-52(89-92(14,15)66(5,6)7)53(86-56)40-85-91(84-36-35-69-11)88-58-54(39-83-68(46-21-19-18-20-22-46,47-25-29-49(80-12)30-26-47)48-27-31-50(81-13)32-28-48)87-63(59(58)90-93(16,17)67(8,9)10)76-43-72-57-60(70-42-71-61(57)76)73-55(77)41-82-51-33-23-45(24-34-51)65(2,3)4/h18-34,38,42-43,52-54,56,58-59,63H,35-37,39-41H2,1-10,12-17H3,(H,74,78,79)(H,70,71,73,77)/t52?,53-,54-,56-,58?,59+,63-,91?/m1/s1. The monoisotopic (exact) mass is 1330 g/mol. The van der Waals surface area contributed by atoms with Crippen LogP contribution in [0.15, 0.2) is 132 Å². The number of methoxy groups -OCH3 is 2. The number of amides is 1. The first-order chi connectivity index (χ1) is 44.0. The minimum Gasteiger partial charge on any atom is -0.497 e. The number of nitrogens with one attached hydrogen (secondary N) is 2. The molecule has 5 heterocycles. The van der Waals surface area contributed by atoms with E-state index in [1.54, 1.807) is 32.0 Å². The third kappa shape index (κ3) is 16.1. The summed E-state index contributed by atoms with van der Waals surface area (Å²) in [5.74, 6) is 1.51. The maximum atomic E-state index is 13.7. The van der Waals surface area contributed by atoms with Crippen molar-refractivity contribution >= 4 is 48.1 Å². The highest BCUT2D eigenvalue weighted by Gasteiger charge is 2.55. The molecule has 0 bridgehead atoms. The quantitative estimate of drug-likeness (QED) is 0.0169. The van der Waals surface area contributed by atoms with Crippen molar-refractivity contribution in [3.63, 3.8) is 0 Å². The molecule has 22 nitrogen and oxygen atoms in total. The van der Waals surface area contributed by atoms with Crippen molar-refractivity contribution in [2.45, 2.75) is 166 Å². The Labute approximate surface area is 548 Å². The average Bonchev–Trinajstić information content (AvgIpc) is 1.75. The fourth-order valence-electron chi connectivity index (χ4n) is 10.6. The molecule has 0 saturated carbocycles. The van der Waals surface area contributed by atoms with E-state index in [9.17, 15) is 14.4 Å². The lowest BCUT2D eigenvalue weighted by Crippen LogP contribution is -2.49. The molecule has 1 amide bonds. The Kier molecular flexibility index (Phi) is 21.9. The molecule has 3 aromatic heterocycles. The molecule has 0 spiro atoms. The number of aromatic nitrogens is 6. The Bertz CT molecular complexity index is 3780. The predicted molar refractivity (Wildman–Crippen MR) is 361 cm³/mol. The molecule has 3 unspecified atom stereocenters. The van der Waals surface area contributed by atoms with Crippen LogP contribution in [0.1, 0.15) is 109 Å². The van der Waals surface area contributed by atoms with Gasteiger partial charge in [0, 0.05) is 18.2 Å². The van der Waals surface area contributed by atoms with Gasteiger partial charge in [0.1, 0.15) is 66.4 Å². The maximum Gasteiger partial charge on any atom is 0.333 e. The third-order valence-electron chi connectivity index (χ3n) is 18.0. The van der Waals surface area contributed by atoms with Gasteiger partial charge in [-0.25, -0.2) is 26.3 Å². The number of H-pyrrole nitrogens is 1. The smallest absolute Gasteiger partial charge is 0.333 e. The number of imidazole rings is 1. The second-order valence-electron chi connectivity index (χ2n) is 27.4. The molecular weight excluding hydrogens is 1240 g/mol. The molecule has 2 fully saturated rings. The maximum absolute atomic E-state index is 13.7. The van der Waals surface area contributed by atoms with Crippen LogP contribution in [0.3, 0.4) is 0 Å². The molecule has 2 aliphatic heterocycles. The molecule has 0 radical (unpaired) electrons. The number of carbonyl (C=O) groups is 1. The van der Waals surface area contributed by atoms with Crippen LogP contribution in [-0.2, 0) is 52.4 Å². The van der Waals surface area contributed by atoms with E-state index in [0.29, 0.717) is 28.5 Å². The van der Waals surface area contributed by atoms with Gasteiger partial charge in [-0.05, 0) is 107 Å². The molecule has 2 saturated heterocycles. The highest BCUT2D eigenvalue weighted by Crippen LogP contribution is 2.52. The Morgan fingerprint density at radius 2 is 1.31 bits per heavy atom. The fraction of sp³-hybridized carbons (Fsp3) is 0.485. The Hall–Kier alpha value is -6.99. The van der Waals surface area contributed by atoms with E-state index in [0.717, 1.165) is 22.3 Å². The Balaban J connectivity index is 1.14. The first kappa shape index (κ1) is 70.3. The van der Waals surface area contributed by atoms with Crippen molar-refractivity contribution < 1.29 is 55.6 Å². The van der Waals surface area contributed by atoms with E-state index >= 15 is 0 Å². The number of hydrogen-bond acceptors (Lipinski definition) is 17. The van der Waals surface area contributed by atoms with Crippen LogP contribution < -0.4 is 30.8 Å². The van der Waals surface area contributed by atoms with Gasteiger partial charge in [0.05, 0.1) is 39.9 Å². The summed E-state index contributed by atoms with van der Waals surface area (Å²) in [6, 6.07) is 33.0. The highest BCUT2D eigenvalue weighted by atomic mass is 31.2. The summed E-state index contributed by atoms with van der Waals surface area (Å²) in [6.45, 7) is 36.5. The number of aromatic amines is 1. The summed E-state index contributed by atoms with van der Waals surface area (Å²) in [6.07, 6.45) is -1.59. The summed E-state index contributed by atoms with van der Waals surface area (Å²) >= 11 is 0. The van der Waals surface area contributed by atoms with Gasteiger partial charge >= 0.3 is 14.3 Å². The van der Waals surface area contributed by atoms with E-state index < -0.39 is 91.0 Å². The zero-order chi connectivity index (χ0) is 67.3. The van der Waals surface area contributed by atoms with Crippen molar-refractivity contribution in [3.8, 4) is 17.2 Å². The van der Waals surface area contributed by atoms with Gasteiger partial charge in [-0.3, -0.25) is 23.7 Å². The third-order valence-corrected chi connectivity index (χ3v) is 28.1. The average molecular weight is 1330 g/mol. The summed E-state index contributed by atoms with van der Waals surface area (Å²) < 4.78 is 77.6. The van der Waals surface area contributed by atoms with Gasteiger partial charge in [0.2, 0.25) is 6.54 Å². The fourth-order valence-corrected chi connectivity index (χ4v) is 14.4. The number of hydrogen-bond donors (Lipinski definition) is 2. The Morgan fingerprint density at radius 1 is 0.720 bits per heavy atom. The zero-order valence-corrected chi connectivity index (χ0v) is 59.1. The number of carbonyl (C=O) groups excluding carboxylic acids is 1. The zero-order valence-electron chi connectivity index (χ0n) is 56.2. The number of anilines is 1. The SMILES string of the molecule is [C-]#[N+]CCOP(OC[C@H]1O[C@@H](n2cc(C)c(=O)[nH]c2=O)CC1O[Si](C)(C)C(C)(C)C)OC1[C@@H](COC(c2ccccc2)(c2ccc(OC)cc2)c2ccc(OC)cc2)O[C@@H](n2cnc3c(NC(=O)COc4ccc(C(C)(C)C)cc4)ncnc32)[C@H]1O[Si](C)(C)C(C)(C)C. The van der Waals surface area contributed by atoms with Gasteiger partial charge in [-0.2, -0.15) is 0 Å². The lowest BCUT2D eigenvalue weighted by atomic mass is 9.80. The minimum atomic E-state index is -2.86. The van der Waals surface area contributed by atoms with Crippen LogP contribution in [0, 0.1) is 13.5 Å². The van der Waals surface area contributed by atoms with Crippen molar-refractivity contribution in [2.24, 2.45) is 0 Å². The highest BCUT2D eigenvalue weighted by molar-refractivity contribution is 7.41. The van der Waals surface area contributed by atoms with E-state index in [1.807, 2.05) is 103 Å². The number of aryl methyl sites for hydroxylation is 1. The molecule has 0 aliphatic carbocycles. The predicted octanol–water partition coefficient (Wildman–Crippen LogP) is 12.6. The van der Waals surface area contributed by atoms with E-state index in [1.165, 1.54) is 17.1 Å². The molecule has 9 rings (SSSR count). The van der Waals surface area contributed by atoms with Crippen LogP contribution in [0.4, 0.5) is 5.82 Å². The summed E-state index contributed by atoms with van der Waals surface area (Å²) in [5.41, 5.74) is 1.90. The molecular formula is C68H89N8O14PSi2. The molecule has 498 valence electrons. The van der Waals surface area contributed by atoms with Crippen LogP contribution in [-0.4, -0.2) is 129 Å². The van der Waals surface area contributed by atoms with Crippen LogP contribution >= 0.6 is 8.60 Å². The number of fused-ring (bicyclic) bond motifs is 1. The Morgan fingerprint density at radius 3 is 1.90 bits per heavy atom. The number of rotatable bonds is 26. The molecule has 25 heteroatoms. The van der Waals surface area contributed by atoms with Crippen LogP contribution in [0.2, 0.25) is 36.3 Å². The molecule has 4 aromatic carbocycles. The number of ether oxygens (including phenoxy) is 6. The summed E-state index contributed by atoms with van der Waals surface area (Å²) in [7, 11) is -4.58. The number of benzene rings is 4.